The molecule has 1 aromatic rings. The summed E-state index contributed by atoms with van der Waals surface area (Å²) < 4.78 is 5.91. The molecule has 0 aliphatic carbocycles. The van der Waals surface area contributed by atoms with Gasteiger partial charge in [0, 0.05) is 19.1 Å². The number of fused-ring (bicyclic) bond motifs is 1. The monoisotopic (exact) mass is 247 g/mol. The summed E-state index contributed by atoms with van der Waals surface area (Å²) in [5.74, 6) is 0. The van der Waals surface area contributed by atoms with E-state index in [-0.39, 0.29) is 6.10 Å². The Kier molecular flexibility index (Phi) is 3.39. The summed E-state index contributed by atoms with van der Waals surface area (Å²) in [7, 11) is 0. The second kappa shape index (κ2) is 5.16. The van der Waals surface area contributed by atoms with Crippen LogP contribution in [0.2, 0.25) is 0 Å². The fourth-order valence-electron chi connectivity index (χ4n) is 2.89. The van der Waals surface area contributed by atoms with Crippen molar-refractivity contribution < 1.29 is 4.74 Å². The number of nitrogens with two attached hydrogens (primary N) is 1. The highest BCUT2D eigenvalue weighted by atomic mass is 16.5. The van der Waals surface area contributed by atoms with Gasteiger partial charge in [-0.2, -0.15) is 0 Å². The van der Waals surface area contributed by atoms with Crippen molar-refractivity contribution in [2.45, 2.75) is 25.0 Å². The molecule has 2 saturated heterocycles. The van der Waals surface area contributed by atoms with E-state index in [1.54, 1.807) is 0 Å². The summed E-state index contributed by atoms with van der Waals surface area (Å²) in [6, 6.07) is 8.55. The molecular formula is C14H21N3O. The second-order valence-corrected chi connectivity index (χ2v) is 5.21. The Morgan fingerprint density at radius 3 is 3.17 bits per heavy atom. The Bertz CT molecular complexity index is 410. The van der Waals surface area contributed by atoms with Gasteiger partial charge in [-0.15, -0.1) is 0 Å². The summed E-state index contributed by atoms with van der Waals surface area (Å²) in [4.78, 5) is 2.56. The van der Waals surface area contributed by atoms with E-state index in [0.29, 0.717) is 6.04 Å². The summed E-state index contributed by atoms with van der Waals surface area (Å²) in [6.07, 6.45) is 2.89. The van der Waals surface area contributed by atoms with Gasteiger partial charge in [0.05, 0.1) is 24.1 Å². The smallest absolute Gasteiger partial charge is 0.0874 e. The van der Waals surface area contributed by atoms with Gasteiger partial charge in [-0.3, -0.25) is 4.90 Å². The number of morpholine rings is 1. The van der Waals surface area contributed by atoms with Crippen LogP contribution in [0.25, 0.3) is 0 Å². The zero-order valence-electron chi connectivity index (χ0n) is 10.6. The molecule has 2 aliphatic rings. The van der Waals surface area contributed by atoms with Crippen molar-refractivity contribution in [2.24, 2.45) is 0 Å². The molecule has 4 heteroatoms. The molecule has 2 heterocycles. The van der Waals surface area contributed by atoms with Crippen LogP contribution < -0.4 is 11.1 Å². The number of benzene rings is 1. The lowest BCUT2D eigenvalue weighted by atomic mass is 10.2. The number of anilines is 2. The molecule has 0 spiro atoms. The predicted molar refractivity (Wildman–Crippen MR) is 73.7 cm³/mol. The average molecular weight is 247 g/mol. The van der Waals surface area contributed by atoms with Gasteiger partial charge in [0.25, 0.3) is 0 Å². The molecule has 4 nitrogen and oxygen atoms in total. The van der Waals surface area contributed by atoms with E-state index in [9.17, 15) is 0 Å². The third-order valence-corrected chi connectivity index (χ3v) is 3.94. The summed E-state index contributed by atoms with van der Waals surface area (Å²) in [5, 5.41) is 3.39. The van der Waals surface area contributed by atoms with Gasteiger partial charge in [0.2, 0.25) is 0 Å². The Morgan fingerprint density at radius 2 is 2.28 bits per heavy atom. The topological polar surface area (TPSA) is 50.5 Å². The summed E-state index contributed by atoms with van der Waals surface area (Å²) in [6.45, 7) is 4.00. The molecule has 2 aliphatic heterocycles. The normalized spacial score (nSPS) is 28.0. The average Bonchev–Trinajstić information content (AvgIpc) is 2.85. The molecule has 2 fully saturated rings. The van der Waals surface area contributed by atoms with Crippen molar-refractivity contribution in [2.75, 3.05) is 37.3 Å². The number of nitrogens with zero attached hydrogens (tertiary/aromatic N) is 1. The molecule has 0 aromatic heterocycles. The number of hydrogen-bond acceptors (Lipinski definition) is 4. The first-order valence-corrected chi connectivity index (χ1v) is 6.77. The van der Waals surface area contributed by atoms with Crippen molar-refractivity contribution >= 4 is 11.4 Å². The Hall–Kier alpha value is -1.26. The number of nitrogens with one attached hydrogen (secondary N) is 1. The molecule has 0 saturated carbocycles. The number of rotatable bonds is 3. The van der Waals surface area contributed by atoms with Crippen LogP contribution in [0, 0.1) is 0 Å². The second-order valence-electron chi connectivity index (χ2n) is 5.21. The fraction of sp³-hybridized carbons (Fsp3) is 0.571. The lowest BCUT2D eigenvalue weighted by molar-refractivity contribution is -0.0415. The van der Waals surface area contributed by atoms with Gasteiger partial charge in [-0.1, -0.05) is 12.1 Å². The van der Waals surface area contributed by atoms with Crippen LogP contribution in [-0.2, 0) is 4.74 Å². The Labute approximate surface area is 108 Å². The SMILES string of the molecule is Nc1ccccc1NCC1CN2CCCC2CO1. The van der Waals surface area contributed by atoms with Gasteiger partial charge in [0.15, 0.2) is 0 Å². The predicted octanol–water partition coefficient (Wildman–Crippen LogP) is 1.54. The van der Waals surface area contributed by atoms with Crippen LogP contribution >= 0.6 is 0 Å². The van der Waals surface area contributed by atoms with E-state index in [1.807, 2.05) is 24.3 Å². The van der Waals surface area contributed by atoms with E-state index in [4.69, 9.17) is 10.5 Å². The molecule has 2 atom stereocenters. The Balaban J connectivity index is 1.53. The standard InChI is InChI=1S/C14H21N3O/c15-13-5-1-2-6-14(13)16-8-12-9-17-7-3-4-11(17)10-18-12/h1-2,5-6,11-12,16H,3-4,7-10,15H2. The van der Waals surface area contributed by atoms with Crippen molar-refractivity contribution in [3.8, 4) is 0 Å². The van der Waals surface area contributed by atoms with Gasteiger partial charge in [-0.05, 0) is 31.5 Å². The van der Waals surface area contributed by atoms with Gasteiger partial charge in [-0.25, -0.2) is 0 Å². The van der Waals surface area contributed by atoms with Crippen LogP contribution in [0.5, 0.6) is 0 Å². The Morgan fingerprint density at radius 1 is 1.39 bits per heavy atom. The highest BCUT2D eigenvalue weighted by Crippen LogP contribution is 2.23. The number of ether oxygens (including phenoxy) is 1. The van der Waals surface area contributed by atoms with Crippen LogP contribution in [0.1, 0.15) is 12.8 Å². The maximum Gasteiger partial charge on any atom is 0.0874 e. The molecule has 18 heavy (non-hydrogen) atoms. The van der Waals surface area contributed by atoms with Crippen molar-refractivity contribution in [1.29, 1.82) is 0 Å². The largest absolute Gasteiger partial charge is 0.397 e. The molecule has 3 rings (SSSR count). The molecule has 0 amide bonds. The number of para-hydroxylation sites is 2. The molecule has 0 radical (unpaired) electrons. The minimum absolute atomic E-state index is 0.277. The van der Waals surface area contributed by atoms with E-state index < -0.39 is 0 Å². The van der Waals surface area contributed by atoms with E-state index in [1.165, 1.54) is 19.4 Å². The van der Waals surface area contributed by atoms with Gasteiger partial charge in [0.1, 0.15) is 0 Å². The summed E-state index contributed by atoms with van der Waals surface area (Å²) in [5.41, 5.74) is 7.71. The van der Waals surface area contributed by atoms with Crippen LogP contribution in [0.4, 0.5) is 11.4 Å². The highest BCUT2D eigenvalue weighted by Gasteiger charge is 2.31. The number of nitrogen functional groups attached to an aromatic ring is 1. The zero-order valence-corrected chi connectivity index (χ0v) is 10.6. The van der Waals surface area contributed by atoms with E-state index in [0.717, 1.165) is 31.1 Å². The first-order valence-electron chi connectivity index (χ1n) is 6.77. The third-order valence-electron chi connectivity index (χ3n) is 3.94. The summed E-state index contributed by atoms with van der Waals surface area (Å²) >= 11 is 0. The van der Waals surface area contributed by atoms with Crippen LogP contribution in [-0.4, -0.2) is 43.3 Å². The first-order chi connectivity index (χ1) is 8.83. The van der Waals surface area contributed by atoms with E-state index in [2.05, 4.69) is 10.2 Å². The molecule has 3 N–H and O–H groups in total. The molecule has 98 valence electrons. The lowest BCUT2D eigenvalue weighted by Crippen LogP contribution is -2.48. The molecule has 0 bridgehead atoms. The molecular weight excluding hydrogens is 226 g/mol. The molecule has 1 aromatic carbocycles. The molecule has 2 unspecified atom stereocenters. The quantitative estimate of drug-likeness (QED) is 0.796. The van der Waals surface area contributed by atoms with Crippen molar-refractivity contribution in [3.05, 3.63) is 24.3 Å². The lowest BCUT2D eigenvalue weighted by Gasteiger charge is -2.35. The third kappa shape index (κ3) is 2.44. The van der Waals surface area contributed by atoms with Gasteiger partial charge < -0.3 is 15.8 Å². The fourth-order valence-corrected chi connectivity index (χ4v) is 2.89. The minimum atomic E-state index is 0.277. The van der Waals surface area contributed by atoms with Crippen molar-refractivity contribution in [3.63, 3.8) is 0 Å². The van der Waals surface area contributed by atoms with Crippen LogP contribution in [0.15, 0.2) is 24.3 Å². The number of hydrogen-bond donors (Lipinski definition) is 2. The maximum atomic E-state index is 5.91. The highest BCUT2D eigenvalue weighted by molar-refractivity contribution is 5.65. The first kappa shape index (κ1) is 11.8. The van der Waals surface area contributed by atoms with Gasteiger partial charge >= 0.3 is 0 Å². The minimum Gasteiger partial charge on any atom is -0.397 e. The van der Waals surface area contributed by atoms with Crippen LogP contribution in [0.3, 0.4) is 0 Å². The van der Waals surface area contributed by atoms with Crippen molar-refractivity contribution in [1.82, 2.24) is 4.90 Å². The van der Waals surface area contributed by atoms with E-state index >= 15 is 0 Å². The maximum absolute atomic E-state index is 5.91. The zero-order chi connectivity index (χ0) is 12.4.